The van der Waals surface area contributed by atoms with Crippen molar-refractivity contribution in [2.45, 2.75) is 65.8 Å². The van der Waals surface area contributed by atoms with E-state index in [0.717, 1.165) is 30.3 Å². The van der Waals surface area contributed by atoms with Crippen LogP contribution in [0.4, 0.5) is 35.1 Å². The van der Waals surface area contributed by atoms with E-state index in [-0.39, 0.29) is 60.6 Å². The van der Waals surface area contributed by atoms with Crippen molar-refractivity contribution in [2.75, 3.05) is 13.6 Å². The average molecular weight is 639 g/mol. The minimum atomic E-state index is -6.35. The van der Waals surface area contributed by atoms with Crippen molar-refractivity contribution in [2.24, 2.45) is 11.8 Å². The molecule has 0 unspecified atom stereocenters. The summed E-state index contributed by atoms with van der Waals surface area (Å²) in [5.74, 6) is -3.06. The molecule has 2 aliphatic carbocycles. The van der Waals surface area contributed by atoms with Crippen molar-refractivity contribution in [1.29, 1.82) is 0 Å². The first-order chi connectivity index (χ1) is 19.8. The van der Waals surface area contributed by atoms with Crippen LogP contribution >= 0.6 is 0 Å². The van der Waals surface area contributed by atoms with E-state index in [9.17, 15) is 53.1 Å². The van der Waals surface area contributed by atoms with Crippen LogP contribution in [0.1, 0.15) is 42.4 Å². The van der Waals surface area contributed by atoms with Crippen molar-refractivity contribution in [3.63, 3.8) is 0 Å². The Bertz CT molecular complexity index is 1540. The van der Waals surface area contributed by atoms with Crippen LogP contribution in [0.25, 0.3) is 0 Å². The minimum absolute atomic E-state index is 0.0479. The third-order valence-corrected chi connectivity index (χ3v) is 11.6. The molecule has 4 atom stereocenters. The first-order valence-electron chi connectivity index (χ1n) is 13.4. The Kier molecular flexibility index (Phi) is 7.37. The van der Waals surface area contributed by atoms with Gasteiger partial charge in [0.05, 0.1) is 10.8 Å². The minimum Gasteiger partial charge on any atom is -0.353 e. The maximum absolute atomic E-state index is 14.9. The number of rotatable bonds is 5. The van der Waals surface area contributed by atoms with Crippen LogP contribution in [0, 0.1) is 17.7 Å². The molecule has 0 spiro atoms. The van der Waals surface area contributed by atoms with Gasteiger partial charge in [0.1, 0.15) is 10.6 Å². The molecule has 0 radical (unpaired) electrons. The van der Waals surface area contributed by atoms with Crippen LogP contribution in [-0.4, -0.2) is 57.1 Å². The topological polar surface area (TPSA) is 83.6 Å². The molecule has 2 fully saturated rings. The first-order valence-corrected chi connectivity index (χ1v) is 14.8. The van der Waals surface area contributed by atoms with E-state index in [4.69, 9.17) is 0 Å². The van der Waals surface area contributed by atoms with Crippen LogP contribution in [0.5, 0.6) is 0 Å². The fraction of sp³-hybridized carbons (Fsp3) is 0.500. The Morgan fingerprint density at radius 2 is 1.60 bits per heavy atom. The van der Waals surface area contributed by atoms with Gasteiger partial charge in [0.2, 0.25) is 11.8 Å². The number of alkyl halides is 7. The second-order valence-corrected chi connectivity index (χ2v) is 13.6. The monoisotopic (exact) mass is 638 g/mol. The third-order valence-electron chi connectivity index (χ3n) is 9.02. The van der Waals surface area contributed by atoms with Gasteiger partial charge in [-0.15, -0.1) is 0 Å². The molecule has 0 bridgehead atoms. The molecule has 1 saturated heterocycles. The van der Waals surface area contributed by atoms with Gasteiger partial charge in [0, 0.05) is 37.5 Å². The Morgan fingerprint density at radius 3 is 2.16 bits per heavy atom. The smallest absolute Gasteiger partial charge is 0.353 e. The highest BCUT2D eigenvalue weighted by atomic mass is 32.2. The summed E-state index contributed by atoms with van der Waals surface area (Å²) in [5, 5.41) is 2.83. The van der Waals surface area contributed by atoms with Crippen LogP contribution in [-0.2, 0) is 36.3 Å². The number of nitrogens with zero attached hydrogens (tertiary/aromatic N) is 1. The molecular formula is C28H26F8N2O4S. The zero-order valence-corrected chi connectivity index (χ0v) is 23.3. The third kappa shape index (κ3) is 4.69. The fourth-order valence-electron chi connectivity index (χ4n) is 6.89. The Morgan fingerprint density at radius 1 is 0.977 bits per heavy atom. The van der Waals surface area contributed by atoms with Gasteiger partial charge in [-0.05, 0) is 61.1 Å². The van der Waals surface area contributed by atoms with Gasteiger partial charge in [-0.3, -0.25) is 9.59 Å². The summed E-state index contributed by atoms with van der Waals surface area (Å²) in [5.41, 5.74) is -7.73. The molecule has 5 rings (SSSR count). The van der Waals surface area contributed by atoms with Crippen molar-refractivity contribution in [3.8, 4) is 0 Å². The molecule has 43 heavy (non-hydrogen) atoms. The highest BCUT2D eigenvalue weighted by molar-refractivity contribution is 7.92. The Balaban J connectivity index is 1.62. The van der Waals surface area contributed by atoms with Crippen LogP contribution in [0.2, 0.25) is 0 Å². The summed E-state index contributed by atoms with van der Waals surface area (Å²) in [6.07, 6.45) is -13.1. The average Bonchev–Trinajstić information content (AvgIpc) is 3.47. The molecule has 234 valence electrons. The van der Waals surface area contributed by atoms with E-state index in [1.807, 2.05) is 0 Å². The lowest BCUT2D eigenvalue weighted by atomic mass is 9.74. The Labute approximate surface area is 241 Å². The van der Waals surface area contributed by atoms with Crippen molar-refractivity contribution >= 4 is 21.7 Å². The fourth-order valence-corrected chi connectivity index (χ4v) is 9.36. The lowest BCUT2D eigenvalue weighted by Crippen LogP contribution is -2.51. The van der Waals surface area contributed by atoms with Gasteiger partial charge in [0.15, 0.2) is 9.84 Å². The number of hydrogen-bond acceptors (Lipinski definition) is 4. The van der Waals surface area contributed by atoms with E-state index < -0.39 is 67.8 Å². The molecule has 2 aromatic carbocycles. The molecule has 1 heterocycles. The number of nitrogens with one attached hydrogen (secondary N) is 1. The summed E-state index contributed by atoms with van der Waals surface area (Å²) in [6.45, 7) is 0.149. The molecule has 6 nitrogen and oxygen atoms in total. The number of likely N-dealkylation sites (tertiary alicyclic amines) is 1. The van der Waals surface area contributed by atoms with Gasteiger partial charge in [-0.1, -0.05) is 18.2 Å². The van der Waals surface area contributed by atoms with Gasteiger partial charge >= 0.3 is 18.0 Å². The molecule has 15 heteroatoms. The SMILES string of the molecule is CN1C[C@@H](C(=O)N[C@@H]2CC[C@@]3(S(=O)(=O)c4ccc(F)cc4)c4ccc(C(F)(C(F)(F)F)C(F)(F)F)cc4CC[C@@H]23)CC1=O. The molecular weight excluding hydrogens is 612 g/mol. The highest BCUT2D eigenvalue weighted by Crippen LogP contribution is 2.59. The summed E-state index contributed by atoms with van der Waals surface area (Å²) >= 11 is 0. The first kappa shape index (κ1) is 31.2. The predicted molar refractivity (Wildman–Crippen MR) is 135 cm³/mol. The standard InChI is InChI=1S/C28H26F8N2O4S/c1-38-14-16(13-23(38)39)24(40)37-22-10-11-25(43(41,42)19-6-4-18(29)5-7-19)20-9-3-17(12-15(20)2-8-21(22)25)26(30,27(31,32)33)28(34,35)36/h3-7,9,12,16,21-22H,2,8,10-11,13-14H2,1H3,(H,37,40)/t16-,21-,22+,25+/m0/s1. The van der Waals surface area contributed by atoms with Gasteiger partial charge in [-0.25, -0.2) is 17.2 Å². The van der Waals surface area contributed by atoms with Crippen molar-refractivity contribution in [1.82, 2.24) is 10.2 Å². The van der Waals surface area contributed by atoms with E-state index >= 15 is 0 Å². The highest BCUT2D eigenvalue weighted by Gasteiger charge is 2.73. The number of fused-ring (bicyclic) bond motifs is 3. The lowest BCUT2D eigenvalue weighted by molar-refractivity contribution is -0.348. The van der Waals surface area contributed by atoms with E-state index in [0.29, 0.717) is 12.1 Å². The summed E-state index contributed by atoms with van der Waals surface area (Å²) in [7, 11) is -2.99. The lowest BCUT2D eigenvalue weighted by Gasteiger charge is -2.43. The number of amides is 2. The van der Waals surface area contributed by atoms with E-state index in [2.05, 4.69) is 5.32 Å². The molecule has 2 amide bonds. The second-order valence-electron chi connectivity index (χ2n) is 11.3. The van der Waals surface area contributed by atoms with Gasteiger partial charge < -0.3 is 10.2 Å². The molecule has 3 aliphatic rings. The second kappa shape index (κ2) is 10.2. The van der Waals surface area contributed by atoms with Crippen LogP contribution in [0.15, 0.2) is 47.4 Å². The van der Waals surface area contributed by atoms with Crippen molar-refractivity contribution < 1.29 is 53.1 Å². The van der Waals surface area contributed by atoms with Gasteiger partial charge in [0.25, 0.3) is 0 Å². The normalized spacial score (nSPS) is 26.3. The number of halogens is 8. The van der Waals surface area contributed by atoms with E-state index in [1.54, 1.807) is 0 Å². The summed E-state index contributed by atoms with van der Waals surface area (Å²) in [4.78, 5) is 26.1. The number of benzene rings is 2. The molecule has 0 aromatic heterocycles. The molecule has 1 aliphatic heterocycles. The number of aryl methyl sites for hydroxylation is 1. The van der Waals surface area contributed by atoms with Gasteiger partial charge in [-0.2, -0.15) is 26.3 Å². The maximum atomic E-state index is 14.9. The quantitative estimate of drug-likeness (QED) is 0.365. The van der Waals surface area contributed by atoms with E-state index in [1.165, 1.54) is 11.9 Å². The van der Waals surface area contributed by atoms with Crippen molar-refractivity contribution in [3.05, 3.63) is 65.0 Å². The van der Waals surface area contributed by atoms with Crippen LogP contribution in [0.3, 0.4) is 0 Å². The maximum Gasteiger partial charge on any atom is 0.435 e. The largest absolute Gasteiger partial charge is 0.435 e. The number of hydrogen-bond donors (Lipinski definition) is 1. The molecule has 2 aromatic rings. The number of carbonyl (C=O) groups excluding carboxylic acids is 2. The number of carbonyl (C=O) groups is 2. The predicted octanol–water partition coefficient (Wildman–Crippen LogP) is 5.10. The molecule has 1 saturated carbocycles. The summed E-state index contributed by atoms with van der Waals surface area (Å²) in [6, 6.07) is 4.54. The zero-order valence-electron chi connectivity index (χ0n) is 22.5. The van der Waals surface area contributed by atoms with Crippen LogP contribution < -0.4 is 5.32 Å². The zero-order chi connectivity index (χ0) is 31.8. The Hall–Kier alpha value is -3.23. The molecule has 1 N–H and O–H groups in total. The summed E-state index contributed by atoms with van der Waals surface area (Å²) < 4.78 is 136. The number of sulfone groups is 1.